The lowest BCUT2D eigenvalue weighted by molar-refractivity contribution is 0.0393. The van der Waals surface area contributed by atoms with Crippen molar-refractivity contribution >= 4 is 17.2 Å². The summed E-state index contributed by atoms with van der Waals surface area (Å²) in [5, 5.41) is 3.15. The van der Waals surface area contributed by atoms with Crippen LogP contribution in [0.2, 0.25) is 0 Å². The Morgan fingerprint density at radius 1 is 1.18 bits per heavy atom. The molecule has 0 spiro atoms. The highest BCUT2D eigenvalue weighted by molar-refractivity contribution is 7.09. The summed E-state index contributed by atoms with van der Waals surface area (Å²) < 4.78 is 5.91. The van der Waals surface area contributed by atoms with Gasteiger partial charge in [0.15, 0.2) is 0 Å². The SMILES string of the molecule is Cc1cc(N2CCO[C@@H](c3nc(C)cs3)C2)nc(C2CC2)n1. The average Bonchev–Trinajstić information content (AvgIpc) is 3.29. The van der Waals surface area contributed by atoms with Crippen molar-refractivity contribution in [2.45, 2.75) is 38.7 Å². The quantitative estimate of drug-likeness (QED) is 0.871. The highest BCUT2D eigenvalue weighted by Crippen LogP contribution is 2.39. The molecule has 1 aliphatic heterocycles. The predicted molar refractivity (Wildman–Crippen MR) is 86.5 cm³/mol. The van der Waals surface area contributed by atoms with Gasteiger partial charge >= 0.3 is 0 Å². The summed E-state index contributed by atoms with van der Waals surface area (Å²) in [7, 11) is 0. The molecule has 2 aromatic rings. The van der Waals surface area contributed by atoms with Crippen molar-refractivity contribution in [3.8, 4) is 0 Å². The fraction of sp³-hybridized carbons (Fsp3) is 0.562. The molecule has 0 aromatic carbocycles. The lowest BCUT2D eigenvalue weighted by Gasteiger charge is -2.33. The molecule has 0 amide bonds. The van der Waals surface area contributed by atoms with E-state index >= 15 is 0 Å². The Hall–Kier alpha value is -1.53. The molecule has 3 heterocycles. The first-order chi connectivity index (χ1) is 10.7. The van der Waals surface area contributed by atoms with Crippen molar-refractivity contribution in [1.82, 2.24) is 15.0 Å². The topological polar surface area (TPSA) is 51.1 Å². The zero-order valence-corrected chi connectivity index (χ0v) is 13.8. The van der Waals surface area contributed by atoms with Crippen LogP contribution in [0.4, 0.5) is 5.82 Å². The molecule has 5 nitrogen and oxygen atoms in total. The molecule has 0 N–H and O–H groups in total. The number of aromatic nitrogens is 3. The molecule has 0 bridgehead atoms. The van der Waals surface area contributed by atoms with Crippen molar-refractivity contribution in [2.75, 3.05) is 24.6 Å². The molecule has 2 aromatic heterocycles. The summed E-state index contributed by atoms with van der Waals surface area (Å²) in [6, 6.07) is 2.08. The van der Waals surface area contributed by atoms with Gasteiger partial charge in [-0.3, -0.25) is 0 Å². The summed E-state index contributed by atoms with van der Waals surface area (Å²) in [6.07, 6.45) is 2.51. The number of rotatable bonds is 3. The molecular formula is C16H20N4OS. The number of anilines is 1. The molecule has 1 saturated carbocycles. The Bertz CT molecular complexity index is 683. The minimum Gasteiger partial charge on any atom is -0.367 e. The van der Waals surface area contributed by atoms with Gasteiger partial charge in [0, 0.05) is 35.3 Å². The lowest BCUT2D eigenvalue weighted by atomic mass is 10.2. The molecule has 22 heavy (non-hydrogen) atoms. The van der Waals surface area contributed by atoms with Crippen LogP contribution in [0.3, 0.4) is 0 Å². The van der Waals surface area contributed by atoms with Gasteiger partial charge in [-0.1, -0.05) is 0 Å². The van der Waals surface area contributed by atoms with Crippen molar-refractivity contribution in [3.05, 3.63) is 33.7 Å². The van der Waals surface area contributed by atoms with Crippen LogP contribution >= 0.6 is 11.3 Å². The van der Waals surface area contributed by atoms with Crippen molar-refractivity contribution in [1.29, 1.82) is 0 Å². The minimum absolute atomic E-state index is 0.0482. The second-order valence-corrected chi connectivity index (χ2v) is 7.02. The third kappa shape index (κ3) is 2.85. The van der Waals surface area contributed by atoms with E-state index in [1.807, 2.05) is 6.92 Å². The summed E-state index contributed by atoms with van der Waals surface area (Å²) in [6.45, 7) is 6.48. The third-order valence-corrected chi connectivity index (χ3v) is 5.16. The number of hydrogen-bond acceptors (Lipinski definition) is 6. The maximum atomic E-state index is 5.91. The average molecular weight is 316 g/mol. The van der Waals surface area contributed by atoms with Gasteiger partial charge in [-0.25, -0.2) is 15.0 Å². The molecular weight excluding hydrogens is 296 g/mol. The molecule has 0 unspecified atom stereocenters. The monoisotopic (exact) mass is 316 g/mol. The highest BCUT2D eigenvalue weighted by atomic mass is 32.1. The summed E-state index contributed by atoms with van der Waals surface area (Å²) in [5.41, 5.74) is 2.12. The third-order valence-electron chi connectivity index (χ3n) is 4.10. The van der Waals surface area contributed by atoms with E-state index in [1.165, 1.54) is 12.8 Å². The Morgan fingerprint density at radius 2 is 2.05 bits per heavy atom. The normalized spacial score (nSPS) is 22.1. The number of nitrogens with zero attached hydrogens (tertiary/aromatic N) is 4. The number of ether oxygens (including phenoxy) is 1. The van der Waals surface area contributed by atoms with E-state index in [2.05, 4.69) is 33.2 Å². The standard InChI is InChI=1S/C16H20N4OS/c1-10-7-14(19-15(17-10)12-3-4-12)20-5-6-21-13(8-20)16-18-11(2)9-22-16/h7,9,12-13H,3-6,8H2,1-2H3/t13-/m1/s1. The van der Waals surface area contributed by atoms with Crippen molar-refractivity contribution < 1.29 is 4.74 Å². The zero-order valence-electron chi connectivity index (χ0n) is 13.0. The molecule has 2 fully saturated rings. The van der Waals surface area contributed by atoms with E-state index in [1.54, 1.807) is 11.3 Å². The van der Waals surface area contributed by atoms with Gasteiger partial charge in [0.1, 0.15) is 22.8 Å². The van der Waals surface area contributed by atoms with E-state index in [0.29, 0.717) is 12.5 Å². The van der Waals surface area contributed by atoms with Gasteiger partial charge < -0.3 is 9.64 Å². The first kappa shape index (κ1) is 14.1. The smallest absolute Gasteiger partial charge is 0.134 e. The van der Waals surface area contributed by atoms with Gasteiger partial charge in [-0.2, -0.15) is 0 Å². The molecule has 0 radical (unpaired) electrons. The largest absolute Gasteiger partial charge is 0.367 e. The summed E-state index contributed by atoms with van der Waals surface area (Å²) in [4.78, 5) is 16.3. The minimum atomic E-state index is 0.0482. The molecule has 1 atom stereocenters. The van der Waals surface area contributed by atoms with Crippen LogP contribution in [0.5, 0.6) is 0 Å². The van der Waals surface area contributed by atoms with Crippen molar-refractivity contribution in [3.63, 3.8) is 0 Å². The Labute approximate surface area is 134 Å². The van der Waals surface area contributed by atoms with Crippen LogP contribution < -0.4 is 4.90 Å². The number of morpholine rings is 1. The second-order valence-electron chi connectivity index (χ2n) is 6.13. The molecule has 2 aliphatic rings. The van der Waals surface area contributed by atoms with Crippen LogP contribution in [0, 0.1) is 13.8 Å². The van der Waals surface area contributed by atoms with E-state index in [0.717, 1.165) is 41.1 Å². The Balaban J connectivity index is 1.57. The number of thiazole rings is 1. The van der Waals surface area contributed by atoms with E-state index in [-0.39, 0.29) is 6.10 Å². The number of hydrogen-bond donors (Lipinski definition) is 0. The summed E-state index contributed by atoms with van der Waals surface area (Å²) >= 11 is 1.68. The molecule has 116 valence electrons. The fourth-order valence-electron chi connectivity index (χ4n) is 2.79. The van der Waals surface area contributed by atoms with Crippen molar-refractivity contribution in [2.24, 2.45) is 0 Å². The van der Waals surface area contributed by atoms with Crippen LogP contribution in [-0.4, -0.2) is 34.6 Å². The van der Waals surface area contributed by atoms with Gasteiger partial charge in [0.25, 0.3) is 0 Å². The Morgan fingerprint density at radius 3 is 2.77 bits per heavy atom. The van der Waals surface area contributed by atoms with E-state index in [9.17, 15) is 0 Å². The molecule has 1 saturated heterocycles. The summed E-state index contributed by atoms with van der Waals surface area (Å²) in [5.74, 6) is 2.64. The second kappa shape index (κ2) is 5.59. The maximum absolute atomic E-state index is 5.91. The van der Waals surface area contributed by atoms with Crippen LogP contribution in [-0.2, 0) is 4.74 Å². The van der Waals surface area contributed by atoms with Crippen LogP contribution in [0.1, 0.15) is 47.1 Å². The van der Waals surface area contributed by atoms with Gasteiger partial charge in [0.05, 0.1) is 13.2 Å². The van der Waals surface area contributed by atoms with Gasteiger partial charge in [0.2, 0.25) is 0 Å². The van der Waals surface area contributed by atoms with Crippen LogP contribution in [0.15, 0.2) is 11.4 Å². The first-order valence-electron chi connectivity index (χ1n) is 7.83. The van der Waals surface area contributed by atoms with Gasteiger partial charge in [-0.15, -0.1) is 11.3 Å². The van der Waals surface area contributed by atoms with Crippen LogP contribution in [0.25, 0.3) is 0 Å². The lowest BCUT2D eigenvalue weighted by Crippen LogP contribution is -2.39. The van der Waals surface area contributed by atoms with E-state index in [4.69, 9.17) is 9.72 Å². The van der Waals surface area contributed by atoms with Gasteiger partial charge in [-0.05, 0) is 26.7 Å². The van der Waals surface area contributed by atoms with E-state index < -0.39 is 0 Å². The fourth-order valence-corrected chi connectivity index (χ4v) is 3.62. The highest BCUT2D eigenvalue weighted by Gasteiger charge is 2.29. The Kier molecular flexibility index (Phi) is 3.58. The number of aryl methyl sites for hydroxylation is 2. The predicted octanol–water partition coefficient (Wildman–Crippen LogP) is 3.01. The molecule has 4 rings (SSSR count). The maximum Gasteiger partial charge on any atom is 0.134 e. The zero-order chi connectivity index (χ0) is 15.1. The first-order valence-corrected chi connectivity index (χ1v) is 8.71. The molecule has 6 heteroatoms. The molecule has 1 aliphatic carbocycles.